The Hall–Kier alpha value is 1.42. The van der Waals surface area contributed by atoms with Gasteiger partial charge in [-0.15, -0.1) is 0 Å². The van der Waals surface area contributed by atoms with Gasteiger partial charge in [-0.3, -0.25) is 0 Å². The molecular formula is O8Si8. The third-order valence-corrected chi connectivity index (χ3v) is 6.00. The van der Waals surface area contributed by atoms with E-state index in [4.69, 9.17) is 32.9 Å². The molecule has 0 N–H and O–H groups in total. The van der Waals surface area contributed by atoms with Gasteiger partial charge in [-0.25, -0.2) is 0 Å². The monoisotopic (exact) mass is 352 g/mol. The molecule has 1 aliphatic heterocycles. The molecule has 0 atom stereocenters. The molecule has 0 saturated carbocycles. The highest BCUT2D eigenvalue weighted by atomic mass is 28.4. The lowest BCUT2D eigenvalue weighted by atomic mass is 15.7. The van der Waals surface area contributed by atoms with Crippen molar-refractivity contribution in [1.29, 1.82) is 0 Å². The highest BCUT2D eigenvalue weighted by Crippen LogP contribution is 1.79. The van der Waals surface area contributed by atoms with Crippen LogP contribution in [0.25, 0.3) is 0 Å². The lowest BCUT2D eigenvalue weighted by molar-refractivity contribution is 0.349. The first-order chi connectivity index (χ1) is 8.00. The fourth-order valence-corrected chi connectivity index (χ4v) is 5.72. The summed E-state index contributed by atoms with van der Waals surface area (Å²) in [6, 6.07) is 0. The van der Waals surface area contributed by atoms with Crippen LogP contribution in [0.4, 0.5) is 0 Å². The summed E-state index contributed by atoms with van der Waals surface area (Å²) < 4.78 is 40.0. The van der Waals surface area contributed by atoms with Gasteiger partial charge in [-0.05, 0) is 0 Å². The van der Waals surface area contributed by atoms with E-state index >= 15 is 0 Å². The molecule has 8 nitrogen and oxygen atoms in total. The van der Waals surface area contributed by atoms with Gasteiger partial charge < -0.3 is 32.9 Å². The molecule has 0 unspecified atom stereocenters. The summed E-state index contributed by atoms with van der Waals surface area (Å²) in [5.74, 6) is 0. The van der Waals surface area contributed by atoms with Gasteiger partial charge in [0, 0.05) is 0 Å². The lowest BCUT2D eigenvalue weighted by Crippen LogP contribution is -2.23. The predicted octanol–water partition coefficient (Wildman–Crippen LogP) is -3.59. The Labute approximate surface area is 113 Å². The van der Waals surface area contributed by atoms with E-state index in [2.05, 4.69) is 0 Å². The van der Waals surface area contributed by atoms with E-state index in [1.165, 1.54) is 0 Å². The Kier molecular flexibility index (Phi) is 12.4. The van der Waals surface area contributed by atoms with E-state index in [-0.39, 0.29) is 80.1 Å². The largest absolute Gasteiger partial charge is 0.412 e. The second-order valence-corrected chi connectivity index (χ2v) is 9.35. The number of rotatable bonds is 0. The normalized spacial score (nSPS) is 24.0. The Morgan fingerprint density at radius 1 is 0.250 bits per heavy atom. The standard InChI is InChI=1S/O8Si8/c1-9-2-11-4-13-6-15-8-16-7-14-5-12-3-10-1. The van der Waals surface area contributed by atoms with Crippen LogP contribution in [-0.2, 0) is 32.9 Å². The van der Waals surface area contributed by atoms with E-state index in [0.717, 1.165) is 0 Å². The van der Waals surface area contributed by atoms with Crippen molar-refractivity contribution in [2.24, 2.45) is 0 Å². The van der Waals surface area contributed by atoms with Crippen molar-refractivity contribution in [1.82, 2.24) is 0 Å². The second-order valence-electron chi connectivity index (χ2n) is 1.48. The summed E-state index contributed by atoms with van der Waals surface area (Å²) in [5.41, 5.74) is 0. The molecular weight excluding hydrogens is 353 g/mol. The van der Waals surface area contributed by atoms with Crippen LogP contribution < -0.4 is 0 Å². The summed E-state index contributed by atoms with van der Waals surface area (Å²) in [4.78, 5) is 0. The molecule has 0 bridgehead atoms. The summed E-state index contributed by atoms with van der Waals surface area (Å²) in [7, 11) is -0.910. The van der Waals surface area contributed by atoms with Gasteiger partial charge >= 0.3 is 80.1 Å². The molecule has 1 saturated heterocycles. The second kappa shape index (κ2) is 12.9. The Bertz CT molecular complexity index is 80.0. The molecule has 1 fully saturated rings. The Balaban J connectivity index is 2.00. The molecule has 0 aromatic rings. The van der Waals surface area contributed by atoms with Gasteiger partial charge in [0.1, 0.15) is 0 Å². The average molecular weight is 353 g/mol. The maximum absolute atomic E-state index is 5.00. The fraction of sp³-hybridized carbons (Fsp3) is 0. The minimum atomic E-state index is -0.114. The zero-order valence-electron chi connectivity index (χ0n) is 7.27. The van der Waals surface area contributed by atoms with Gasteiger partial charge in [0.15, 0.2) is 0 Å². The molecule has 16 heteroatoms. The molecule has 16 radical (unpaired) electrons. The van der Waals surface area contributed by atoms with E-state index in [1.807, 2.05) is 0 Å². The molecule has 0 spiro atoms. The van der Waals surface area contributed by atoms with Crippen molar-refractivity contribution in [3.8, 4) is 0 Å². The van der Waals surface area contributed by atoms with E-state index < -0.39 is 0 Å². The van der Waals surface area contributed by atoms with Crippen molar-refractivity contribution in [3.05, 3.63) is 0 Å². The van der Waals surface area contributed by atoms with E-state index in [1.54, 1.807) is 0 Å². The SMILES string of the molecule is O1[Si]O[Si]O[Si]O[Si]O[Si]O[Si]O[Si]O[Si]1. The quantitative estimate of drug-likeness (QED) is 0.414. The topological polar surface area (TPSA) is 73.8 Å². The molecule has 1 heterocycles. The van der Waals surface area contributed by atoms with Crippen LogP contribution in [0.5, 0.6) is 0 Å². The van der Waals surface area contributed by atoms with Gasteiger partial charge in [0.05, 0.1) is 0 Å². The van der Waals surface area contributed by atoms with Crippen LogP contribution in [-0.4, -0.2) is 80.1 Å². The molecule has 0 amide bonds. The van der Waals surface area contributed by atoms with Gasteiger partial charge in [0.25, 0.3) is 0 Å². The summed E-state index contributed by atoms with van der Waals surface area (Å²) in [5, 5.41) is 0. The van der Waals surface area contributed by atoms with Crippen molar-refractivity contribution in [3.63, 3.8) is 0 Å². The highest BCUT2D eigenvalue weighted by Gasteiger charge is 2.05. The summed E-state index contributed by atoms with van der Waals surface area (Å²) >= 11 is 0. The highest BCUT2D eigenvalue weighted by molar-refractivity contribution is 6.50. The fourth-order valence-electron chi connectivity index (χ4n) is 0.303. The van der Waals surface area contributed by atoms with Crippen LogP contribution >= 0.6 is 0 Å². The Morgan fingerprint density at radius 3 is 0.500 bits per heavy atom. The summed E-state index contributed by atoms with van der Waals surface area (Å²) in [6.07, 6.45) is 0. The van der Waals surface area contributed by atoms with Crippen molar-refractivity contribution in [2.75, 3.05) is 0 Å². The van der Waals surface area contributed by atoms with Crippen LogP contribution in [0, 0.1) is 0 Å². The molecule has 0 aliphatic carbocycles. The van der Waals surface area contributed by atoms with Gasteiger partial charge in [-0.2, -0.15) is 0 Å². The third-order valence-electron chi connectivity index (χ3n) is 0.667. The van der Waals surface area contributed by atoms with E-state index in [9.17, 15) is 0 Å². The minimum absolute atomic E-state index is 0.114. The molecule has 0 aromatic heterocycles. The average Bonchev–Trinajstić information content (AvgIpc) is 2.29. The Morgan fingerprint density at radius 2 is 0.375 bits per heavy atom. The van der Waals surface area contributed by atoms with Gasteiger partial charge in [-0.1, -0.05) is 0 Å². The molecule has 80 valence electrons. The van der Waals surface area contributed by atoms with Crippen LogP contribution in [0.3, 0.4) is 0 Å². The van der Waals surface area contributed by atoms with Crippen LogP contribution in [0.1, 0.15) is 0 Å². The zero-order chi connectivity index (χ0) is 11.3. The molecule has 1 aliphatic rings. The number of hydrogen-bond acceptors (Lipinski definition) is 8. The number of hydrogen-bond donors (Lipinski definition) is 0. The van der Waals surface area contributed by atoms with Crippen molar-refractivity contribution in [2.45, 2.75) is 0 Å². The van der Waals surface area contributed by atoms with Crippen molar-refractivity contribution < 1.29 is 32.9 Å². The van der Waals surface area contributed by atoms with E-state index in [0.29, 0.717) is 0 Å². The molecule has 1 rings (SSSR count). The first kappa shape index (κ1) is 15.5. The van der Waals surface area contributed by atoms with Crippen LogP contribution in [0.15, 0.2) is 0 Å². The first-order valence-corrected chi connectivity index (χ1v) is 9.80. The third kappa shape index (κ3) is 10.6. The first-order valence-electron chi connectivity index (χ1n) is 3.27. The smallest absolute Gasteiger partial charge is 0.412 e. The summed E-state index contributed by atoms with van der Waals surface area (Å²) in [6.45, 7) is 0. The van der Waals surface area contributed by atoms with Crippen LogP contribution in [0.2, 0.25) is 0 Å². The molecule has 0 aromatic carbocycles. The lowest BCUT2D eigenvalue weighted by Gasteiger charge is -2.04. The molecule has 16 heavy (non-hydrogen) atoms. The van der Waals surface area contributed by atoms with Crippen molar-refractivity contribution >= 4 is 80.1 Å². The zero-order valence-corrected chi connectivity index (χ0v) is 15.3. The maximum Gasteiger partial charge on any atom is 0.412 e. The predicted molar refractivity (Wildman–Crippen MR) is 54.7 cm³/mol. The maximum atomic E-state index is 5.00. The minimum Gasteiger partial charge on any atom is -0.412 e. The van der Waals surface area contributed by atoms with Gasteiger partial charge in [0.2, 0.25) is 0 Å².